The first-order valence-corrected chi connectivity index (χ1v) is 9.63. The predicted molar refractivity (Wildman–Crippen MR) is 110 cm³/mol. The number of aromatic nitrogens is 3. The Labute approximate surface area is 171 Å². The van der Waals surface area contributed by atoms with Crippen LogP contribution in [-0.4, -0.2) is 44.9 Å². The molecule has 1 fully saturated rings. The summed E-state index contributed by atoms with van der Waals surface area (Å²) in [5.41, 5.74) is 7.48. The number of aromatic amines is 1. The van der Waals surface area contributed by atoms with Crippen LogP contribution in [-0.2, 0) is 0 Å². The van der Waals surface area contributed by atoms with Crippen LogP contribution < -0.4 is 10.6 Å². The standard InChI is InChI=1S/C19H19Cl2N5O2/c1-19(22)5-7-26(8-6-19)13-9-11(18(27)28)14-16(24-25-17(14)23-13)10-3-2-4-12(20)15(10)21/h2-4,9H,5-8,22H2,1H3,(H,27,28)(H,23,24,25). The number of rotatable bonds is 3. The summed E-state index contributed by atoms with van der Waals surface area (Å²) in [6, 6.07) is 6.76. The Balaban J connectivity index is 1.84. The third kappa shape index (κ3) is 3.30. The second-order valence-corrected chi connectivity index (χ2v) is 8.16. The molecule has 3 aromatic rings. The number of pyridine rings is 1. The van der Waals surface area contributed by atoms with E-state index in [4.69, 9.17) is 28.9 Å². The summed E-state index contributed by atoms with van der Waals surface area (Å²) in [5.74, 6) is -0.481. The minimum atomic E-state index is -1.06. The van der Waals surface area contributed by atoms with Crippen LogP contribution in [0.2, 0.25) is 10.0 Å². The number of carboxylic acids is 1. The van der Waals surface area contributed by atoms with E-state index < -0.39 is 5.97 Å². The SMILES string of the molecule is CC1(N)CCN(c2cc(C(=O)O)c3c(-c4cccc(Cl)c4Cl)[nH]nc3n2)CC1. The van der Waals surface area contributed by atoms with Gasteiger partial charge in [-0.1, -0.05) is 35.3 Å². The van der Waals surface area contributed by atoms with E-state index in [1.54, 1.807) is 24.3 Å². The van der Waals surface area contributed by atoms with Crippen molar-refractivity contribution in [1.82, 2.24) is 15.2 Å². The van der Waals surface area contributed by atoms with Crippen LogP contribution in [0.5, 0.6) is 0 Å². The summed E-state index contributed by atoms with van der Waals surface area (Å²) in [7, 11) is 0. The van der Waals surface area contributed by atoms with Crippen LogP contribution in [0.3, 0.4) is 0 Å². The second-order valence-electron chi connectivity index (χ2n) is 7.37. The van der Waals surface area contributed by atoms with Crippen molar-refractivity contribution in [3.05, 3.63) is 39.9 Å². The summed E-state index contributed by atoms with van der Waals surface area (Å²) in [4.78, 5) is 18.7. The molecule has 1 aliphatic rings. The van der Waals surface area contributed by atoms with Crippen LogP contribution in [0.1, 0.15) is 30.1 Å². The average Bonchev–Trinajstić information content (AvgIpc) is 3.07. The summed E-state index contributed by atoms with van der Waals surface area (Å²) in [6.45, 7) is 3.45. The Hall–Kier alpha value is -2.35. The molecular formula is C19H19Cl2N5O2. The van der Waals surface area contributed by atoms with E-state index in [2.05, 4.69) is 15.2 Å². The van der Waals surface area contributed by atoms with E-state index in [9.17, 15) is 9.90 Å². The molecule has 0 saturated carbocycles. The van der Waals surface area contributed by atoms with E-state index in [0.717, 1.165) is 12.8 Å². The van der Waals surface area contributed by atoms with Crippen molar-refractivity contribution >= 4 is 46.0 Å². The Morgan fingerprint density at radius 2 is 2.04 bits per heavy atom. The molecule has 2 aromatic heterocycles. The quantitative estimate of drug-likeness (QED) is 0.592. The molecular weight excluding hydrogens is 401 g/mol. The number of aromatic carboxylic acids is 1. The fourth-order valence-electron chi connectivity index (χ4n) is 3.48. The highest BCUT2D eigenvalue weighted by atomic mass is 35.5. The number of anilines is 1. The molecule has 7 nitrogen and oxygen atoms in total. The van der Waals surface area contributed by atoms with Gasteiger partial charge in [-0.3, -0.25) is 5.10 Å². The summed E-state index contributed by atoms with van der Waals surface area (Å²) >= 11 is 12.4. The Morgan fingerprint density at radius 3 is 2.71 bits per heavy atom. The lowest BCUT2D eigenvalue weighted by Gasteiger charge is -2.37. The number of hydrogen-bond acceptors (Lipinski definition) is 5. The van der Waals surface area contributed by atoms with E-state index in [-0.39, 0.29) is 11.1 Å². The van der Waals surface area contributed by atoms with Gasteiger partial charge in [0.15, 0.2) is 5.65 Å². The zero-order valence-corrected chi connectivity index (χ0v) is 16.7. The third-order valence-corrected chi connectivity index (χ3v) is 6.01. The molecule has 0 unspecified atom stereocenters. The van der Waals surface area contributed by atoms with Gasteiger partial charge in [-0.2, -0.15) is 5.10 Å². The van der Waals surface area contributed by atoms with Gasteiger partial charge in [0.25, 0.3) is 0 Å². The van der Waals surface area contributed by atoms with Crippen molar-refractivity contribution in [3.8, 4) is 11.3 Å². The maximum absolute atomic E-state index is 12.0. The third-order valence-electron chi connectivity index (χ3n) is 5.19. The molecule has 0 atom stereocenters. The molecule has 1 aromatic carbocycles. The van der Waals surface area contributed by atoms with Crippen LogP contribution in [0.15, 0.2) is 24.3 Å². The Kier molecular flexibility index (Phi) is 4.69. The Bertz CT molecular complexity index is 1070. The predicted octanol–water partition coefficient (Wildman–Crippen LogP) is 3.95. The van der Waals surface area contributed by atoms with Gasteiger partial charge in [-0.15, -0.1) is 0 Å². The fourth-order valence-corrected chi connectivity index (χ4v) is 3.87. The van der Waals surface area contributed by atoms with Gasteiger partial charge in [-0.05, 0) is 31.9 Å². The molecule has 1 saturated heterocycles. The van der Waals surface area contributed by atoms with Crippen molar-refractivity contribution in [2.75, 3.05) is 18.0 Å². The van der Waals surface area contributed by atoms with Gasteiger partial charge in [0.05, 0.1) is 26.7 Å². The van der Waals surface area contributed by atoms with Crippen LogP contribution >= 0.6 is 23.2 Å². The molecule has 4 rings (SSSR count). The summed E-state index contributed by atoms with van der Waals surface area (Å²) in [6.07, 6.45) is 1.61. The number of carboxylic acid groups (broad SMARTS) is 1. The van der Waals surface area contributed by atoms with Gasteiger partial charge in [-0.25, -0.2) is 9.78 Å². The smallest absolute Gasteiger partial charge is 0.336 e. The molecule has 3 heterocycles. The highest BCUT2D eigenvalue weighted by Crippen LogP contribution is 2.37. The molecule has 146 valence electrons. The largest absolute Gasteiger partial charge is 0.478 e. The number of nitrogens with zero attached hydrogens (tertiary/aromatic N) is 3. The number of hydrogen-bond donors (Lipinski definition) is 3. The summed E-state index contributed by atoms with van der Waals surface area (Å²) < 4.78 is 0. The van der Waals surface area contributed by atoms with Crippen molar-refractivity contribution in [2.24, 2.45) is 5.73 Å². The van der Waals surface area contributed by atoms with Gasteiger partial charge >= 0.3 is 5.97 Å². The maximum atomic E-state index is 12.0. The molecule has 4 N–H and O–H groups in total. The molecule has 9 heteroatoms. The zero-order chi connectivity index (χ0) is 20.1. The van der Waals surface area contributed by atoms with Crippen molar-refractivity contribution in [1.29, 1.82) is 0 Å². The second kappa shape index (κ2) is 6.92. The normalized spacial score (nSPS) is 16.5. The number of H-pyrrole nitrogens is 1. The molecule has 0 bridgehead atoms. The van der Waals surface area contributed by atoms with E-state index in [1.165, 1.54) is 0 Å². The number of nitrogens with two attached hydrogens (primary N) is 1. The van der Waals surface area contributed by atoms with Crippen molar-refractivity contribution < 1.29 is 9.90 Å². The van der Waals surface area contributed by atoms with Crippen LogP contribution in [0, 0.1) is 0 Å². The number of carbonyl (C=O) groups is 1. The monoisotopic (exact) mass is 419 g/mol. The van der Waals surface area contributed by atoms with E-state index in [0.29, 0.717) is 51.2 Å². The van der Waals surface area contributed by atoms with Crippen LogP contribution in [0.4, 0.5) is 5.82 Å². The first kappa shape index (κ1) is 19.0. The Morgan fingerprint density at radius 1 is 1.32 bits per heavy atom. The number of piperidine rings is 1. The summed E-state index contributed by atoms with van der Waals surface area (Å²) in [5, 5.41) is 18.1. The average molecular weight is 420 g/mol. The number of fused-ring (bicyclic) bond motifs is 1. The highest BCUT2D eigenvalue weighted by Gasteiger charge is 2.28. The fraction of sp³-hybridized carbons (Fsp3) is 0.316. The molecule has 0 amide bonds. The number of benzene rings is 1. The van der Waals surface area contributed by atoms with Gasteiger partial charge in [0.2, 0.25) is 0 Å². The molecule has 0 spiro atoms. The maximum Gasteiger partial charge on any atom is 0.336 e. The highest BCUT2D eigenvalue weighted by molar-refractivity contribution is 6.43. The number of nitrogens with one attached hydrogen (secondary N) is 1. The molecule has 0 radical (unpaired) electrons. The van der Waals surface area contributed by atoms with Crippen molar-refractivity contribution in [2.45, 2.75) is 25.3 Å². The van der Waals surface area contributed by atoms with Gasteiger partial charge in [0, 0.05) is 24.2 Å². The lowest BCUT2D eigenvalue weighted by Crippen LogP contribution is -2.48. The topological polar surface area (TPSA) is 108 Å². The molecule has 1 aliphatic heterocycles. The molecule has 28 heavy (non-hydrogen) atoms. The zero-order valence-electron chi connectivity index (χ0n) is 15.2. The lowest BCUT2D eigenvalue weighted by molar-refractivity contribution is 0.0699. The minimum absolute atomic E-state index is 0.112. The van der Waals surface area contributed by atoms with E-state index in [1.807, 2.05) is 11.8 Å². The van der Waals surface area contributed by atoms with Crippen LogP contribution in [0.25, 0.3) is 22.3 Å². The first-order chi connectivity index (χ1) is 13.3. The van der Waals surface area contributed by atoms with Gasteiger partial charge < -0.3 is 15.7 Å². The lowest BCUT2D eigenvalue weighted by atomic mass is 9.91. The van der Waals surface area contributed by atoms with Crippen molar-refractivity contribution in [3.63, 3.8) is 0 Å². The number of halogens is 2. The van der Waals surface area contributed by atoms with E-state index >= 15 is 0 Å². The molecule has 0 aliphatic carbocycles. The minimum Gasteiger partial charge on any atom is -0.478 e. The van der Waals surface area contributed by atoms with Gasteiger partial charge in [0.1, 0.15) is 5.82 Å². The first-order valence-electron chi connectivity index (χ1n) is 8.87.